The molecule has 0 atom stereocenters. The van der Waals surface area contributed by atoms with Crippen molar-refractivity contribution >= 4 is 22.5 Å². The maximum absolute atomic E-state index is 5.96. The predicted molar refractivity (Wildman–Crippen MR) is 68.0 cm³/mol. The van der Waals surface area contributed by atoms with E-state index < -0.39 is 0 Å². The Hall–Kier alpha value is -1.15. The zero-order chi connectivity index (χ0) is 11.9. The van der Waals surface area contributed by atoms with Gasteiger partial charge in [0.1, 0.15) is 5.82 Å². The summed E-state index contributed by atoms with van der Waals surface area (Å²) < 4.78 is 0. The zero-order valence-electron chi connectivity index (χ0n) is 10.0. The fraction of sp³-hybridized carbons (Fsp3) is 0.385. The van der Waals surface area contributed by atoms with Crippen LogP contribution in [0.25, 0.3) is 10.9 Å². The molecule has 2 aromatic rings. The third kappa shape index (κ3) is 2.03. The van der Waals surface area contributed by atoms with E-state index in [0.717, 1.165) is 27.4 Å². The number of aromatic nitrogens is 2. The van der Waals surface area contributed by atoms with Crippen LogP contribution in [0, 0.1) is 6.92 Å². The van der Waals surface area contributed by atoms with Gasteiger partial charge in [-0.15, -0.1) is 0 Å². The highest BCUT2D eigenvalue weighted by molar-refractivity contribution is 6.31. The second-order valence-corrected chi connectivity index (χ2v) is 5.48. The second kappa shape index (κ2) is 3.70. The van der Waals surface area contributed by atoms with E-state index in [1.807, 2.05) is 25.1 Å². The Labute approximate surface area is 101 Å². The van der Waals surface area contributed by atoms with Crippen LogP contribution in [0.2, 0.25) is 5.02 Å². The molecule has 0 fully saturated rings. The van der Waals surface area contributed by atoms with E-state index in [9.17, 15) is 0 Å². The van der Waals surface area contributed by atoms with E-state index >= 15 is 0 Å². The van der Waals surface area contributed by atoms with Gasteiger partial charge in [0.05, 0.1) is 5.52 Å². The van der Waals surface area contributed by atoms with Crippen LogP contribution >= 0.6 is 11.6 Å². The fourth-order valence-electron chi connectivity index (χ4n) is 1.59. The standard InChI is InChI=1S/C13H15ClN2/c1-8-10-7-9(14)5-6-11(10)16-12(15-8)13(2,3)4/h5-7H,1-4H3. The summed E-state index contributed by atoms with van der Waals surface area (Å²) in [6.07, 6.45) is 0. The summed E-state index contributed by atoms with van der Waals surface area (Å²) in [5, 5.41) is 1.75. The lowest BCUT2D eigenvalue weighted by atomic mass is 9.95. The maximum Gasteiger partial charge on any atom is 0.134 e. The largest absolute Gasteiger partial charge is 0.237 e. The van der Waals surface area contributed by atoms with Gasteiger partial charge in [0.25, 0.3) is 0 Å². The van der Waals surface area contributed by atoms with E-state index in [0.29, 0.717) is 0 Å². The fourth-order valence-corrected chi connectivity index (χ4v) is 1.76. The van der Waals surface area contributed by atoms with Gasteiger partial charge >= 0.3 is 0 Å². The number of halogens is 1. The van der Waals surface area contributed by atoms with Crippen LogP contribution < -0.4 is 0 Å². The van der Waals surface area contributed by atoms with Crippen LogP contribution in [0.1, 0.15) is 32.3 Å². The molecular formula is C13H15ClN2. The average molecular weight is 235 g/mol. The van der Waals surface area contributed by atoms with Crippen molar-refractivity contribution in [1.29, 1.82) is 0 Å². The lowest BCUT2D eigenvalue weighted by Gasteiger charge is -2.17. The molecule has 84 valence electrons. The van der Waals surface area contributed by atoms with Crippen molar-refractivity contribution in [3.63, 3.8) is 0 Å². The predicted octanol–water partition coefficient (Wildman–Crippen LogP) is 3.89. The monoisotopic (exact) mass is 234 g/mol. The number of rotatable bonds is 0. The molecule has 3 heteroatoms. The van der Waals surface area contributed by atoms with Crippen LogP contribution in [0.5, 0.6) is 0 Å². The SMILES string of the molecule is Cc1nc(C(C)(C)C)nc2ccc(Cl)cc12. The van der Waals surface area contributed by atoms with Gasteiger partial charge in [0.15, 0.2) is 0 Å². The second-order valence-electron chi connectivity index (χ2n) is 5.04. The normalized spacial score (nSPS) is 12.1. The first kappa shape index (κ1) is 11.3. The molecular weight excluding hydrogens is 220 g/mol. The quantitative estimate of drug-likeness (QED) is 0.691. The molecule has 0 aliphatic heterocycles. The van der Waals surface area contributed by atoms with Crippen molar-refractivity contribution in [3.05, 3.63) is 34.7 Å². The molecule has 16 heavy (non-hydrogen) atoms. The van der Waals surface area contributed by atoms with Gasteiger partial charge in [-0.25, -0.2) is 9.97 Å². The minimum atomic E-state index is -0.0292. The summed E-state index contributed by atoms with van der Waals surface area (Å²) in [5.41, 5.74) is 1.91. The molecule has 0 saturated carbocycles. The van der Waals surface area contributed by atoms with E-state index in [-0.39, 0.29) is 5.41 Å². The van der Waals surface area contributed by atoms with Gasteiger partial charge in [-0.1, -0.05) is 32.4 Å². The van der Waals surface area contributed by atoms with Crippen LogP contribution in [0.15, 0.2) is 18.2 Å². The maximum atomic E-state index is 5.96. The molecule has 1 heterocycles. The summed E-state index contributed by atoms with van der Waals surface area (Å²) in [7, 11) is 0. The molecule has 0 unspecified atom stereocenters. The number of benzene rings is 1. The first-order chi connectivity index (χ1) is 7.38. The highest BCUT2D eigenvalue weighted by atomic mass is 35.5. The van der Waals surface area contributed by atoms with Gasteiger partial charge in [-0.05, 0) is 25.1 Å². The van der Waals surface area contributed by atoms with E-state index in [2.05, 4.69) is 30.7 Å². The summed E-state index contributed by atoms with van der Waals surface area (Å²) >= 11 is 5.96. The Morgan fingerprint density at radius 2 is 1.81 bits per heavy atom. The van der Waals surface area contributed by atoms with Crippen molar-refractivity contribution in [2.45, 2.75) is 33.1 Å². The molecule has 0 radical (unpaired) electrons. The molecule has 2 nitrogen and oxygen atoms in total. The summed E-state index contributed by atoms with van der Waals surface area (Å²) in [6.45, 7) is 8.34. The van der Waals surface area contributed by atoms with Crippen molar-refractivity contribution < 1.29 is 0 Å². The molecule has 1 aromatic heterocycles. The first-order valence-corrected chi connectivity index (χ1v) is 5.70. The third-order valence-corrected chi connectivity index (χ3v) is 2.75. The molecule has 0 aliphatic rings. The summed E-state index contributed by atoms with van der Waals surface area (Å²) in [6, 6.07) is 5.73. The molecule has 0 aliphatic carbocycles. The van der Waals surface area contributed by atoms with E-state index in [1.54, 1.807) is 0 Å². The van der Waals surface area contributed by atoms with Crippen LogP contribution in [-0.2, 0) is 5.41 Å². The number of fused-ring (bicyclic) bond motifs is 1. The van der Waals surface area contributed by atoms with E-state index in [1.165, 1.54) is 0 Å². The first-order valence-electron chi connectivity index (χ1n) is 5.32. The van der Waals surface area contributed by atoms with Gasteiger partial charge in [0, 0.05) is 21.5 Å². The Morgan fingerprint density at radius 1 is 1.12 bits per heavy atom. The van der Waals surface area contributed by atoms with Gasteiger partial charge in [-0.2, -0.15) is 0 Å². The number of hydrogen-bond donors (Lipinski definition) is 0. The number of nitrogens with zero attached hydrogens (tertiary/aromatic N) is 2. The van der Waals surface area contributed by atoms with Crippen LogP contribution in [-0.4, -0.2) is 9.97 Å². The molecule has 0 bridgehead atoms. The van der Waals surface area contributed by atoms with Gasteiger partial charge < -0.3 is 0 Å². The lowest BCUT2D eigenvalue weighted by Crippen LogP contribution is -2.16. The Kier molecular flexibility index (Phi) is 2.62. The highest BCUT2D eigenvalue weighted by Crippen LogP contribution is 2.24. The topological polar surface area (TPSA) is 25.8 Å². The molecule has 2 rings (SSSR count). The Bertz CT molecular complexity index is 541. The minimum absolute atomic E-state index is 0.0292. The molecule has 0 saturated heterocycles. The van der Waals surface area contributed by atoms with Crippen LogP contribution in [0.4, 0.5) is 0 Å². The third-order valence-electron chi connectivity index (χ3n) is 2.52. The molecule has 1 aromatic carbocycles. The Morgan fingerprint density at radius 3 is 2.44 bits per heavy atom. The van der Waals surface area contributed by atoms with Crippen LogP contribution in [0.3, 0.4) is 0 Å². The molecule has 0 N–H and O–H groups in total. The van der Waals surface area contributed by atoms with Crippen molar-refractivity contribution in [2.75, 3.05) is 0 Å². The van der Waals surface area contributed by atoms with Crippen molar-refractivity contribution in [1.82, 2.24) is 9.97 Å². The zero-order valence-corrected chi connectivity index (χ0v) is 10.8. The van der Waals surface area contributed by atoms with Gasteiger partial charge in [-0.3, -0.25) is 0 Å². The highest BCUT2D eigenvalue weighted by Gasteiger charge is 2.18. The van der Waals surface area contributed by atoms with Gasteiger partial charge in [0.2, 0.25) is 0 Å². The Balaban J connectivity index is 2.74. The number of aryl methyl sites for hydroxylation is 1. The van der Waals surface area contributed by atoms with Crippen molar-refractivity contribution in [2.24, 2.45) is 0 Å². The van der Waals surface area contributed by atoms with E-state index in [4.69, 9.17) is 11.6 Å². The number of hydrogen-bond acceptors (Lipinski definition) is 2. The van der Waals surface area contributed by atoms with Crippen molar-refractivity contribution in [3.8, 4) is 0 Å². The molecule has 0 spiro atoms. The summed E-state index contributed by atoms with van der Waals surface area (Å²) in [4.78, 5) is 9.12. The smallest absolute Gasteiger partial charge is 0.134 e. The average Bonchev–Trinajstić information content (AvgIpc) is 2.17. The molecule has 0 amide bonds. The minimum Gasteiger partial charge on any atom is -0.237 e. The summed E-state index contributed by atoms with van der Waals surface area (Å²) in [5.74, 6) is 0.875. The lowest BCUT2D eigenvalue weighted by molar-refractivity contribution is 0.546.